The molecule has 8 nitrogen and oxygen atoms in total. The number of nitrogens with zero attached hydrogens (tertiary/aromatic N) is 4. The van der Waals surface area contributed by atoms with E-state index in [0.717, 1.165) is 15.7 Å². The number of halogens is 1. The molecule has 0 saturated carbocycles. The summed E-state index contributed by atoms with van der Waals surface area (Å²) in [5, 5.41) is 4.07. The predicted molar refractivity (Wildman–Crippen MR) is 160 cm³/mol. The molecule has 0 aliphatic rings. The topological polar surface area (TPSA) is 82.7 Å². The quantitative estimate of drug-likeness (QED) is 0.121. The van der Waals surface area contributed by atoms with Gasteiger partial charge in [0.25, 0.3) is 0 Å². The summed E-state index contributed by atoms with van der Waals surface area (Å²) in [7, 11) is 3.18. The molecular weight excluding hydrogens is 574 g/mol. The normalized spacial score (nSPS) is 11.4. The monoisotopic (exact) mass is 593 g/mol. The smallest absolute Gasteiger partial charge is 0.234 e. The Balaban J connectivity index is 1.48. The van der Waals surface area contributed by atoms with E-state index in [1.807, 2.05) is 51.4 Å². The number of ether oxygens (including phenoxy) is 2. The highest BCUT2D eigenvalue weighted by molar-refractivity contribution is 7.99. The van der Waals surface area contributed by atoms with Crippen LogP contribution in [0.2, 0.25) is 5.02 Å². The second-order valence-electron chi connectivity index (χ2n) is 8.40. The third-order valence-corrected chi connectivity index (χ3v) is 8.54. The summed E-state index contributed by atoms with van der Waals surface area (Å²) in [5.41, 5.74) is 4.38. The number of anilines is 1. The minimum atomic E-state index is -0.175. The van der Waals surface area contributed by atoms with Gasteiger partial charge in [0.15, 0.2) is 20.4 Å². The molecule has 0 fully saturated rings. The molecule has 0 saturated heterocycles. The number of thiazole rings is 1. The Morgan fingerprint density at radius 1 is 1.05 bits per heavy atom. The summed E-state index contributed by atoms with van der Waals surface area (Å²) in [4.78, 5) is 22.9. The highest BCUT2D eigenvalue weighted by atomic mass is 35.5. The second kappa shape index (κ2) is 10.5. The SMILES string of the molecule is COc1cccc(NC(=O)CSc2nc3c(sc(=S)n3-c3cc(Cl)ccc3OC)c3nc4ccccc4n23)c1. The van der Waals surface area contributed by atoms with Crippen molar-refractivity contribution in [3.05, 3.63) is 75.7 Å². The van der Waals surface area contributed by atoms with Gasteiger partial charge in [-0.05, 0) is 54.7 Å². The fourth-order valence-electron chi connectivity index (χ4n) is 4.30. The van der Waals surface area contributed by atoms with Crippen LogP contribution in [0, 0.1) is 3.95 Å². The van der Waals surface area contributed by atoms with Crippen molar-refractivity contribution in [1.82, 2.24) is 18.9 Å². The van der Waals surface area contributed by atoms with Crippen molar-refractivity contribution in [2.24, 2.45) is 0 Å². The maximum atomic E-state index is 12.9. The van der Waals surface area contributed by atoms with E-state index in [2.05, 4.69) is 5.32 Å². The standard InChI is InChI=1S/C27H20ClN5O3S3/c1-35-17-7-5-6-16(13-17)29-22(34)14-38-26-31-25-23(24-30-18-8-3-4-9-19(18)32(24)26)39-27(37)33(25)20-12-15(28)10-11-21(20)36-2/h3-13H,14H2,1-2H3,(H,29,34). The van der Waals surface area contributed by atoms with E-state index in [-0.39, 0.29) is 11.7 Å². The van der Waals surface area contributed by atoms with Crippen LogP contribution in [0.15, 0.2) is 71.9 Å². The molecule has 12 heteroatoms. The molecule has 196 valence electrons. The molecule has 3 heterocycles. The van der Waals surface area contributed by atoms with Crippen molar-refractivity contribution in [3.63, 3.8) is 0 Å². The van der Waals surface area contributed by atoms with Crippen LogP contribution >= 0.6 is 46.9 Å². The molecule has 6 aromatic rings. The van der Waals surface area contributed by atoms with Gasteiger partial charge in [-0.15, -0.1) is 0 Å². The van der Waals surface area contributed by atoms with Crippen LogP contribution in [0.3, 0.4) is 0 Å². The summed E-state index contributed by atoms with van der Waals surface area (Å²) in [6, 6.07) is 20.4. The number of carbonyl (C=O) groups excluding carboxylic acids is 1. The van der Waals surface area contributed by atoms with Gasteiger partial charge < -0.3 is 14.8 Å². The zero-order chi connectivity index (χ0) is 27.1. The van der Waals surface area contributed by atoms with Gasteiger partial charge in [-0.3, -0.25) is 13.8 Å². The lowest BCUT2D eigenvalue weighted by molar-refractivity contribution is -0.113. The van der Waals surface area contributed by atoms with Crippen LogP contribution in [-0.4, -0.2) is 44.8 Å². The number of aromatic nitrogens is 4. The number of para-hydroxylation sites is 2. The maximum absolute atomic E-state index is 12.9. The number of carbonyl (C=O) groups is 1. The molecule has 0 bridgehead atoms. The third-order valence-electron chi connectivity index (χ3n) is 6.01. The van der Waals surface area contributed by atoms with Crippen LogP contribution < -0.4 is 14.8 Å². The molecule has 0 spiro atoms. The highest BCUT2D eigenvalue weighted by Gasteiger charge is 2.21. The first kappa shape index (κ1) is 25.6. The Kier molecular flexibility index (Phi) is 6.90. The molecule has 0 aliphatic carbocycles. The Morgan fingerprint density at radius 3 is 2.72 bits per heavy atom. The van der Waals surface area contributed by atoms with E-state index in [4.69, 9.17) is 43.3 Å². The first-order valence-corrected chi connectivity index (χ1v) is 14.3. The molecule has 1 N–H and O–H groups in total. The Morgan fingerprint density at radius 2 is 1.90 bits per heavy atom. The molecule has 6 rings (SSSR count). The van der Waals surface area contributed by atoms with Gasteiger partial charge in [-0.1, -0.05) is 52.9 Å². The van der Waals surface area contributed by atoms with Crippen LogP contribution in [-0.2, 0) is 4.79 Å². The number of amides is 1. The lowest BCUT2D eigenvalue weighted by Crippen LogP contribution is -2.14. The van der Waals surface area contributed by atoms with E-state index in [1.165, 1.54) is 23.1 Å². The number of methoxy groups -OCH3 is 2. The number of benzene rings is 3. The third kappa shape index (κ3) is 4.71. The lowest BCUT2D eigenvalue weighted by Gasteiger charge is -2.12. The van der Waals surface area contributed by atoms with E-state index >= 15 is 0 Å². The van der Waals surface area contributed by atoms with Crippen molar-refractivity contribution in [1.29, 1.82) is 0 Å². The van der Waals surface area contributed by atoms with E-state index < -0.39 is 0 Å². The molecule has 3 aromatic carbocycles. The molecule has 3 aromatic heterocycles. The van der Waals surface area contributed by atoms with Crippen LogP contribution in [0.1, 0.15) is 0 Å². The summed E-state index contributed by atoms with van der Waals surface area (Å²) in [5.74, 6) is 1.23. The number of hydrogen-bond donors (Lipinski definition) is 1. The summed E-state index contributed by atoms with van der Waals surface area (Å²) < 4.78 is 16.1. The van der Waals surface area contributed by atoms with Gasteiger partial charge >= 0.3 is 0 Å². The Bertz CT molecular complexity index is 1950. The van der Waals surface area contributed by atoms with Crippen molar-refractivity contribution in [3.8, 4) is 17.2 Å². The number of hydrogen-bond acceptors (Lipinski definition) is 8. The molecule has 0 aliphatic heterocycles. The minimum absolute atomic E-state index is 0.128. The minimum Gasteiger partial charge on any atom is -0.497 e. The Labute approximate surface area is 241 Å². The molecule has 1 amide bonds. The number of imidazole rings is 1. The van der Waals surface area contributed by atoms with Gasteiger partial charge in [-0.25, -0.2) is 9.97 Å². The Hall–Kier alpha value is -3.64. The second-order valence-corrected chi connectivity index (χ2v) is 11.4. The van der Waals surface area contributed by atoms with Crippen molar-refractivity contribution < 1.29 is 14.3 Å². The molecule has 39 heavy (non-hydrogen) atoms. The summed E-state index contributed by atoms with van der Waals surface area (Å²) in [6.07, 6.45) is 0. The molecular formula is C27H20ClN5O3S3. The fourth-order valence-corrected chi connectivity index (χ4v) is 6.61. The van der Waals surface area contributed by atoms with E-state index in [9.17, 15) is 4.79 Å². The first-order chi connectivity index (χ1) is 19.0. The van der Waals surface area contributed by atoms with E-state index in [1.54, 1.807) is 38.5 Å². The van der Waals surface area contributed by atoms with E-state index in [0.29, 0.717) is 48.3 Å². The van der Waals surface area contributed by atoms with Gasteiger partial charge in [0.05, 0.1) is 36.7 Å². The number of nitrogens with one attached hydrogen (secondary N) is 1. The lowest BCUT2D eigenvalue weighted by atomic mass is 10.3. The van der Waals surface area contributed by atoms with Gasteiger partial charge in [0.1, 0.15) is 16.2 Å². The fraction of sp³-hybridized carbons (Fsp3) is 0.111. The first-order valence-electron chi connectivity index (χ1n) is 11.7. The average molecular weight is 594 g/mol. The zero-order valence-corrected chi connectivity index (χ0v) is 23.9. The number of rotatable bonds is 7. The van der Waals surface area contributed by atoms with Crippen LogP contribution in [0.5, 0.6) is 11.5 Å². The van der Waals surface area contributed by atoms with Gasteiger partial charge in [0.2, 0.25) is 5.91 Å². The predicted octanol–water partition coefficient (Wildman–Crippen LogP) is 7.02. The van der Waals surface area contributed by atoms with Crippen molar-refractivity contribution in [2.75, 3.05) is 25.3 Å². The van der Waals surface area contributed by atoms with Gasteiger partial charge in [-0.2, -0.15) is 0 Å². The van der Waals surface area contributed by atoms with Crippen molar-refractivity contribution >= 4 is 85.5 Å². The molecule has 0 atom stereocenters. The summed E-state index contributed by atoms with van der Waals surface area (Å²) in [6.45, 7) is 0. The molecule has 0 unspecified atom stereocenters. The summed E-state index contributed by atoms with van der Waals surface area (Å²) >= 11 is 14.9. The molecule has 0 radical (unpaired) electrons. The largest absolute Gasteiger partial charge is 0.497 e. The number of thioether (sulfide) groups is 1. The maximum Gasteiger partial charge on any atom is 0.234 e. The average Bonchev–Trinajstić information content (AvgIpc) is 3.49. The zero-order valence-electron chi connectivity index (χ0n) is 20.7. The van der Waals surface area contributed by atoms with Gasteiger partial charge in [0, 0.05) is 16.8 Å². The number of fused-ring (bicyclic) bond motifs is 5. The van der Waals surface area contributed by atoms with Crippen LogP contribution in [0.25, 0.3) is 32.7 Å². The van der Waals surface area contributed by atoms with Crippen LogP contribution in [0.4, 0.5) is 5.69 Å². The van der Waals surface area contributed by atoms with Crippen molar-refractivity contribution in [2.45, 2.75) is 5.16 Å². The highest BCUT2D eigenvalue weighted by Crippen LogP contribution is 2.37.